The van der Waals surface area contributed by atoms with Gasteiger partial charge in [0.05, 0.1) is 7.11 Å². The second-order valence-electron chi connectivity index (χ2n) is 4.85. The maximum absolute atomic E-state index is 11.2. The average Bonchev–Trinajstić information content (AvgIpc) is 2.87. The summed E-state index contributed by atoms with van der Waals surface area (Å²) >= 11 is 0. The monoisotopic (exact) mass is 264 g/mol. The molecule has 0 spiro atoms. The summed E-state index contributed by atoms with van der Waals surface area (Å²) in [6.07, 6.45) is 0.509. The van der Waals surface area contributed by atoms with Gasteiger partial charge in [0.1, 0.15) is 5.75 Å². The van der Waals surface area contributed by atoms with Crippen LogP contribution < -0.4 is 5.32 Å². The maximum Gasteiger partial charge on any atom is 0.407 e. The van der Waals surface area contributed by atoms with E-state index < -0.39 is 0 Å². The maximum atomic E-state index is 11.2. The van der Waals surface area contributed by atoms with E-state index in [-0.39, 0.29) is 18.2 Å². The molecule has 0 saturated carbocycles. The molecule has 2 unspecified atom stereocenters. The van der Waals surface area contributed by atoms with Crippen LogP contribution in [0.2, 0.25) is 0 Å². The second kappa shape index (κ2) is 5.93. The minimum atomic E-state index is -0.387. The van der Waals surface area contributed by atoms with E-state index in [2.05, 4.69) is 21.9 Å². The number of alkyl carbamates (subject to hydrolysis) is 1. The Morgan fingerprint density at radius 1 is 1.53 bits per heavy atom. The molecule has 2 atom stereocenters. The van der Waals surface area contributed by atoms with Gasteiger partial charge in [0.2, 0.25) is 0 Å². The summed E-state index contributed by atoms with van der Waals surface area (Å²) in [5, 5.41) is 12.7. The van der Waals surface area contributed by atoms with Crippen LogP contribution in [0, 0.1) is 0 Å². The lowest BCUT2D eigenvalue weighted by molar-refractivity contribution is 0.165. The lowest BCUT2D eigenvalue weighted by Crippen LogP contribution is -2.37. The molecule has 2 rings (SSSR count). The number of phenolic OH excluding ortho intramolecular Hbond substituents is 1. The fraction of sp³-hybridized carbons (Fsp3) is 0.500. The van der Waals surface area contributed by atoms with E-state index >= 15 is 0 Å². The Labute approximate surface area is 113 Å². The van der Waals surface area contributed by atoms with Gasteiger partial charge >= 0.3 is 6.09 Å². The summed E-state index contributed by atoms with van der Waals surface area (Å²) in [4.78, 5) is 13.4. The first-order valence-electron chi connectivity index (χ1n) is 6.48. The molecule has 5 nitrogen and oxygen atoms in total. The van der Waals surface area contributed by atoms with E-state index in [4.69, 9.17) is 0 Å². The fourth-order valence-electron chi connectivity index (χ4n) is 2.52. The number of likely N-dealkylation sites (tertiary alicyclic amines) is 1. The van der Waals surface area contributed by atoms with Gasteiger partial charge in [0.25, 0.3) is 0 Å². The van der Waals surface area contributed by atoms with Gasteiger partial charge < -0.3 is 15.2 Å². The molecule has 19 heavy (non-hydrogen) atoms. The zero-order chi connectivity index (χ0) is 13.8. The highest BCUT2D eigenvalue weighted by Crippen LogP contribution is 2.30. The molecule has 2 N–H and O–H groups in total. The zero-order valence-electron chi connectivity index (χ0n) is 11.3. The number of nitrogens with one attached hydrogen (secondary N) is 1. The lowest BCUT2D eigenvalue weighted by Gasteiger charge is -2.25. The Kier molecular flexibility index (Phi) is 4.27. The summed E-state index contributed by atoms with van der Waals surface area (Å²) < 4.78 is 4.60. The summed E-state index contributed by atoms with van der Waals surface area (Å²) in [5.74, 6) is 0.319. The molecular formula is C14H20N2O3. The van der Waals surface area contributed by atoms with Crippen molar-refractivity contribution < 1.29 is 14.6 Å². The highest BCUT2D eigenvalue weighted by Gasteiger charge is 2.28. The summed E-state index contributed by atoms with van der Waals surface area (Å²) in [6, 6.07) is 7.61. The largest absolute Gasteiger partial charge is 0.508 e. The van der Waals surface area contributed by atoms with Gasteiger partial charge in [-0.05, 0) is 19.4 Å². The number of rotatable bonds is 3. The highest BCUT2D eigenvalue weighted by atomic mass is 16.5. The molecule has 104 valence electrons. The number of methoxy groups -OCH3 is 1. The van der Waals surface area contributed by atoms with Crippen LogP contribution in [0.1, 0.15) is 24.9 Å². The van der Waals surface area contributed by atoms with Crippen LogP contribution in [0.4, 0.5) is 4.79 Å². The van der Waals surface area contributed by atoms with Gasteiger partial charge in [0, 0.05) is 30.7 Å². The number of carbonyl (C=O) groups is 1. The standard InChI is InChI=1S/C14H20N2O3/c1-10(12-5-3-4-6-13(12)17)16-8-7-11(9-16)15-14(18)19-2/h3-6,10-11,17H,7-9H2,1-2H3,(H,15,18). The summed E-state index contributed by atoms with van der Waals surface area (Å²) in [5.41, 5.74) is 0.918. The number of para-hydroxylation sites is 1. The van der Waals surface area contributed by atoms with Crippen LogP contribution in [0.15, 0.2) is 24.3 Å². The molecule has 1 aliphatic heterocycles. The number of benzene rings is 1. The number of ether oxygens (including phenoxy) is 1. The van der Waals surface area contributed by atoms with Crippen molar-refractivity contribution in [3.63, 3.8) is 0 Å². The fourth-order valence-corrected chi connectivity index (χ4v) is 2.52. The normalized spacial score (nSPS) is 21.1. The molecule has 1 aliphatic rings. The van der Waals surface area contributed by atoms with Crippen molar-refractivity contribution in [3.8, 4) is 5.75 Å². The third kappa shape index (κ3) is 3.17. The predicted octanol–water partition coefficient (Wildman–Crippen LogP) is 1.88. The molecule has 0 aromatic heterocycles. The van der Waals surface area contributed by atoms with E-state index in [1.165, 1.54) is 7.11 Å². The third-order valence-corrected chi connectivity index (χ3v) is 3.66. The molecule has 1 aromatic rings. The van der Waals surface area contributed by atoms with Gasteiger partial charge in [-0.3, -0.25) is 4.90 Å². The van der Waals surface area contributed by atoms with Crippen LogP contribution >= 0.6 is 0 Å². The lowest BCUT2D eigenvalue weighted by atomic mass is 10.1. The minimum absolute atomic E-state index is 0.112. The molecular weight excluding hydrogens is 244 g/mol. The Balaban J connectivity index is 1.97. The van der Waals surface area contributed by atoms with Crippen molar-refractivity contribution in [3.05, 3.63) is 29.8 Å². The SMILES string of the molecule is COC(=O)NC1CCN(C(C)c2ccccc2O)C1. The number of carbonyl (C=O) groups excluding carboxylic acids is 1. The number of hydrogen-bond donors (Lipinski definition) is 2. The van der Waals surface area contributed by atoms with E-state index in [0.29, 0.717) is 5.75 Å². The smallest absolute Gasteiger partial charge is 0.407 e. The second-order valence-corrected chi connectivity index (χ2v) is 4.85. The summed E-state index contributed by atoms with van der Waals surface area (Å²) in [6.45, 7) is 3.73. The van der Waals surface area contributed by atoms with Gasteiger partial charge in [0.15, 0.2) is 0 Å². The van der Waals surface area contributed by atoms with Crippen LogP contribution in [-0.2, 0) is 4.74 Å². The van der Waals surface area contributed by atoms with Crippen LogP contribution in [0.5, 0.6) is 5.75 Å². The average molecular weight is 264 g/mol. The Hall–Kier alpha value is -1.75. The van der Waals surface area contributed by atoms with Crippen LogP contribution in [0.3, 0.4) is 0 Å². The van der Waals surface area contributed by atoms with Crippen molar-refractivity contribution in [1.29, 1.82) is 0 Å². The van der Waals surface area contributed by atoms with Gasteiger partial charge in [-0.1, -0.05) is 18.2 Å². The van der Waals surface area contributed by atoms with E-state index in [9.17, 15) is 9.90 Å². The minimum Gasteiger partial charge on any atom is -0.508 e. The Morgan fingerprint density at radius 3 is 2.95 bits per heavy atom. The van der Waals surface area contributed by atoms with Crippen molar-refractivity contribution in [2.24, 2.45) is 0 Å². The van der Waals surface area contributed by atoms with E-state index in [0.717, 1.165) is 25.1 Å². The Morgan fingerprint density at radius 2 is 2.26 bits per heavy atom. The summed E-state index contributed by atoms with van der Waals surface area (Å²) in [7, 11) is 1.37. The van der Waals surface area contributed by atoms with Gasteiger partial charge in [-0.2, -0.15) is 0 Å². The number of phenols is 1. The molecule has 0 bridgehead atoms. The van der Waals surface area contributed by atoms with Crippen molar-refractivity contribution in [1.82, 2.24) is 10.2 Å². The van der Waals surface area contributed by atoms with Crippen LogP contribution in [0.25, 0.3) is 0 Å². The molecule has 1 heterocycles. The van der Waals surface area contributed by atoms with Crippen molar-refractivity contribution >= 4 is 6.09 Å². The zero-order valence-corrected chi connectivity index (χ0v) is 11.3. The molecule has 1 fully saturated rings. The Bertz CT molecular complexity index is 450. The van der Waals surface area contributed by atoms with Crippen LogP contribution in [-0.4, -0.2) is 42.3 Å². The first-order valence-corrected chi connectivity index (χ1v) is 6.48. The highest BCUT2D eigenvalue weighted by molar-refractivity contribution is 5.67. The first kappa shape index (κ1) is 13.7. The molecule has 1 saturated heterocycles. The van der Waals surface area contributed by atoms with Gasteiger partial charge in [-0.25, -0.2) is 4.79 Å². The predicted molar refractivity (Wildman–Crippen MR) is 72.0 cm³/mol. The molecule has 0 aliphatic carbocycles. The molecule has 0 radical (unpaired) electrons. The number of hydrogen-bond acceptors (Lipinski definition) is 4. The number of nitrogens with zero attached hydrogens (tertiary/aromatic N) is 1. The van der Waals surface area contributed by atoms with Gasteiger partial charge in [-0.15, -0.1) is 0 Å². The van der Waals surface area contributed by atoms with Crippen molar-refractivity contribution in [2.45, 2.75) is 25.4 Å². The molecule has 1 aromatic carbocycles. The third-order valence-electron chi connectivity index (χ3n) is 3.66. The quantitative estimate of drug-likeness (QED) is 0.875. The number of amides is 1. The first-order chi connectivity index (χ1) is 9.11. The van der Waals surface area contributed by atoms with E-state index in [1.807, 2.05) is 18.2 Å². The molecule has 5 heteroatoms. The number of aromatic hydroxyl groups is 1. The topological polar surface area (TPSA) is 61.8 Å². The van der Waals surface area contributed by atoms with Crippen molar-refractivity contribution in [2.75, 3.05) is 20.2 Å². The van der Waals surface area contributed by atoms with E-state index in [1.54, 1.807) is 6.07 Å². The molecule has 1 amide bonds.